The molecule has 0 spiro atoms. The second-order valence-corrected chi connectivity index (χ2v) is 4.34. The van der Waals surface area contributed by atoms with Crippen molar-refractivity contribution >= 4 is 32.9 Å². The zero-order chi connectivity index (χ0) is 10.7. The van der Waals surface area contributed by atoms with E-state index < -0.39 is 0 Å². The molecule has 0 saturated carbocycles. The van der Waals surface area contributed by atoms with Gasteiger partial charge in [0.1, 0.15) is 0 Å². The molecule has 1 aromatic carbocycles. The number of rotatable bonds is 3. The van der Waals surface area contributed by atoms with Crippen molar-refractivity contribution in [1.29, 1.82) is 0 Å². The Kier molecular flexibility index (Phi) is 3.21. The molecule has 0 unspecified atom stereocenters. The maximum atomic E-state index is 4.02. The van der Waals surface area contributed by atoms with Gasteiger partial charge < -0.3 is 0 Å². The van der Waals surface area contributed by atoms with Gasteiger partial charge >= 0.3 is 0 Å². The number of hydrogen-bond donors (Lipinski definition) is 1. The number of aryl methyl sites for hydroxylation is 1. The van der Waals surface area contributed by atoms with Crippen molar-refractivity contribution in [3.8, 4) is 0 Å². The lowest BCUT2D eigenvalue weighted by atomic mass is 10.1. The predicted molar refractivity (Wildman–Crippen MR) is 68.3 cm³/mol. The largest absolute Gasteiger partial charge is 0.278 e. The Bertz CT molecular complexity index is 485. The van der Waals surface area contributed by atoms with Crippen molar-refractivity contribution in [3.63, 3.8) is 0 Å². The number of aromatic amines is 1. The van der Waals surface area contributed by atoms with Crippen LogP contribution in [0.1, 0.15) is 17.5 Å². The van der Waals surface area contributed by atoms with Crippen LogP contribution in [-0.2, 0) is 0 Å². The van der Waals surface area contributed by atoms with Crippen molar-refractivity contribution in [2.45, 2.75) is 13.3 Å². The van der Waals surface area contributed by atoms with Crippen LogP contribution < -0.4 is 0 Å². The van der Waals surface area contributed by atoms with Crippen LogP contribution in [0.25, 0.3) is 17.0 Å². The smallest absolute Gasteiger partial charge is 0.0653 e. The summed E-state index contributed by atoms with van der Waals surface area (Å²) in [6, 6.07) is 4.30. The average Bonchev–Trinajstić information content (AvgIpc) is 2.65. The minimum Gasteiger partial charge on any atom is -0.278 e. The molecule has 1 heterocycles. The summed E-state index contributed by atoms with van der Waals surface area (Å²) in [5.74, 6) is 0. The molecule has 0 atom stereocenters. The van der Waals surface area contributed by atoms with E-state index in [1.54, 1.807) is 0 Å². The van der Waals surface area contributed by atoms with Gasteiger partial charge in [-0.1, -0.05) is 28.1 Å². The van der Waals surface area contributed by atoms with Gasteiger partial charge in [0.05, 0.1) is 11.7 Å². The monoisotopic (exact) mass is 264 g/mol. The van der Waals surface area contributed by atoms with Crippen molar-refractivity contribution in [2.24, 2.45) is 0 Å². The van der Waals surface area contributed by atoms with E-state index in [2.05, 4.69) is 57.3 Å². The highest BCUT2D eigenvalue weighted by Crippen LogP contribution is 2.18. The van der Waals surface area contributed by atoms with Crippen LogP contribution in [0.5, 0.6) is 0 Å². The van der Waals surface area contributed by atoms with E-state index in [0.29, 0.717) is 0 Å². The standard InChI is InChI=1S/C12H13BrN2/c1-9-6-12-11(8-14-15-12)7-10(9)4-2-3-5-13/h2,4,6-8H,3,5H2,1H3,(H,14,15). The van der Waals surface area contributed by atoms with Crippen LogP contribution in [0.3, 0.4) is 0 Å². The molecular weight excluding hydrogens is 252 g/mol. The number of aromatic nitrogens is 2. The number of halogens is 1. The first-order valence-electron chi connectivity index (χ1n) is 4.97. The van der Waals surface area contributed by atoms with Crippen LogP contribution in [0.2, 0.25) is 0 Å². The molecule has 0 bridgehead atoms. The minimum absolute atomic E-state index is 1.01. The van der Waals surface area contributed by atoms with Gasteiger partial charge in [-0.05, 0) is 36.6 Å². The molecule has 0 saturated heterocycles. The van der Waals surface area contributed by atoms with Gasteiger partial charge in [-0.3, -0.25) is 5.10 Å². The quantitative estimate of drug-likeness (QED) is 0.843. The molecule has 15 heavy (non-hydrogen) atoms. The highest BCUT2D eigenvalue weighted by atomic mass is 79.9. The number of nitrogens with one attached hydrogen (secondary N) is 1. The highest BCUT2D eigenvalue weighted by molar-refractivity contribution is 9.09. The molecule has 2 nitrogen and oxygen atoms in total. The number of allylic oxidation sites excluding steroid dienone is 1. The summed E-state index contributed by atoms with van der Waals surface area (Å²) in [5.41, 5.74) is 3.65. The second-order valence-electron chi connectivity index (χ2n) is 3.55. The third kappa shape index (κ3) is 2.29. The van der Waals surface area contributed by atoms with E-state index in [4.69, 9.17) is 0 Å². The lowest BCUT2D eigenvalue weighted by Gasteiger charge is -2.00. The fourth-order valence-corrected chi connectivity index (χ4v) is 1.83. The molecule has 3 heteroatoms. The van der Waals surface area contributed by atoms with Crippen molar-refractivity contribution < 1.29 is 0 Å². The zero-order valence-corrected chi connectivity index (χ0v) is 10.2. The van der Waals surface area contributed by atoms with Gasteiger partial charge in [-0.25, -0.2) is 0 Å². The van der Waals surface area contributed by atoms with E-state index in [0.717, 1.165) is 17.3 Å². The molecule has 0 aliphatic heterocycles. The number of hydrogen-bond acceptors (Lipinski definition) is 1. The Morgan fingerprint density at radius 3 is 3.13 bits per heavy atom. The molecule has 2 aromatic rings. The third-order valence-electron chi connectivity index (χ3n) is 2.40. The van der Waals surface area contributed by atoms with Crippen LogP contribution in [-0.4, -0.2) is 15.5 Å². The van der Waals surface area contributed by atoms with Gasteiger partial charge in [0.25, 0.3) is 0 Å². The number of H-pyrrole nitrogens is 1. The van der Waals surface area contributed by atoms with Crippen molar-refractivity contribution in [2.75, 3.05) is 5.33 Å². The highest BCUT2D eigenvalue weighted by Gasteiger charge is 1.99. The molecular formula is C12H13BrN2. The van der Waals surface area contributed by atoms with E-state index in [1.165, 1.54) is 16.5 Å². The van der Waals surface area contributed by atoms with Crippen molar-refractivity contribution in [1.82, 2.24) is 10.2 Å². The maximum absolute atomic E-state index is 4.02. The lowest BCUT2D eigenvalue weighted by molar-refractivity contribution is 1.12. The fraction of sp³-hybridized carbons (Fsp3) is 0.250. The number of alkyl halides is 1. The molecule has 2 rings (SSSR count). The molecule has 0 radical (unpaired) electrons. The molecule has 0 aliphatic rings. The Morgan fingerprint density at radius 1 is 1.47 bits per heavy atom. The summed E-state index contributed by atoms with van der Waals surface area (Å²) >= 11 is 3.41. The summed E-state index contributed by atoms with van der Waals surface area (Å²) in [7, 11) is 0. The van der Waals surface area contributed by atoms with Crippen molar-refractivity contribution in [3.05, 3.63) is 35.5 Å². The van der Waals surface area contributed by atoms with Gasteiger partial charge in [-0.15, -0.1) is 0 Å². The maximum Gasteiger partial charge on any atom is 0.0653 e. The van der Waals surface area contributed by atoms with Crippen LogP contribution in [0.4, 0.5) is 0 Å². The minimum atomic E-state index is 1.01. The first-order chi connectivity index (χ1) is 7.31. The molecule has 0 fully saturated rings. The lowest BCUT2D eigenvalue weighted by Crippen LogP contribution is -1.81. The third-order valence-corrected chi connectivity index (χ3v) is 2.86. The van der Waals surface area contributed by atoms with Gasteiger partial charge in [-0.2, -0.15) is 5.10 Å². The Morgan fingerprint density at radius 2 is 2.33 bits per heavy atom. The molecule has 78 valence electrons. The number of nitrogens with zero attached hydrogens (tertiary/aromatic N) is 1. The van der Waals surface area contributed by atoms with E-state index in [9.17, 15) is 0 Å². The molecule has 1 aromatic heterocycles. The molecule has 1 N–H and O–H groups in total. The SMILES string of the molecule is Cc1cc2[nH]ncc2cc1C=CCCBr. The summed E-state index contributed by atoms with van der Waals surface area (Å²) in [4.78, 5) is 0. The zero-order valence-electron chi connectivity index (χ0n) is 8.63. The van der Waals surface area contributed by atoms with Gasteiger partial charge in [0, 0.05) is 10.7 Å². The Hall–Kier alpha value is -1.09. The van der Waals surface area contributed by atoms with Crippen LogP contribution in [0, 0.1) is 6.92 Å². The van der Waals surface area contributed by atoms with E-state index in [1.807, 2.05) is 6.20 Å². The first-order valence-corrected chi connectivity index (χ1v) is 6.09. The summed E-state index contributed by atoms with van der Waals surface area (Å²) in [6.45, 7) is 2.12. The fourth-order valence-electron chi connectivity index (χ4n) is 1.57. The normalized spacial score (nSPS) is 11.6. The number of fused-ring (bicyclic) bond motifs is 1. The van der Waals surface area contributed by atoms with E-state index >= 15 is 0 Å². The Labute approximate surface area is 97.5 Å². The molecule has 0 aliphatic carbocycles. The van der Waals surface area contributed by atoms with Crippen LogP contribution in [0.15, 0.2) is 24.4 Å². The molecule has 0 amide bonds. The topological polar surface area (TPSA) is 28.7 Å². The number of benzene rings is 1. The van der Waals surface area contributed by atoms with Crippen LogP contribution >= 0.6 is 15.9 Å². The predicted octanol–water partition coefficient (Wildman–Crippen LogP) is 3.67. The summed E-state index contributed by atoms with van der Waals surface area (Å²) < 4.78 is 0. The summed E-state index contributed by atoms with van der Waals surface area (Å²) in [6.07, 6.45) is 7.27. The van der Waals surface area contributed by atoms with Gasteiger partial charge in [0.15, 0.2) is 0 Å². The van der Waals surface area contributed by atoms with Gasteiger partial charge in [0.2, 0.25) is 0 Å². The second kappa shape index (κ2) is 4.62. The average molecular weight is 265 g/mol. The first kappa shape index (κ1) is 10.4. The Balaban J connectivity index is 2.37. The van der Waals surface area contributed by atoms with E-state index in [-0.39, 0.29) is 0 Å². The summed E-state index contributed by atoms with van der Waals surface area (Å²) in [5, 5.41) is 9.17.